The summed E-state index contributed by atoms with van der Waals surface area (Å²) in [4.78, 5) is 10.6. The van der Waals surface area contributed by atoms with Crippen LogP contribution in [-0.4, -0.2) is 47.7 Å². The third-order valence-electron chi connectivity index (χ3n) is 4.01. The highest BCUT2D eigenvalue weighted by Gasteiger charge is 2.23. The molecule has 24 heavy (non-hydrogen) atoms. The van der Waals surface area contributed by atoms with Crippen molar-refractivity contribution in [3.05, 3.63) is 52.9 Å². The minimum Gasteiger partial charge on any atom is -0.379 e. The van der Waals surface area contributed by atoms with Crippen molar-refractivity contribution in [3.63, 3.8) is 0 Å². The molecule has 0 radical (unpaired) electrons. The minimum absolute atomic E-state index is 0.139. The Morgan fingerprint density at radius 2 is 1.92 bits per heavy atom. The maximum atomic E-state index is 9.15. The summed E-state index contributed by atoms with van der Waals surface area (Å²) in [6, 6.07) is 10.1. The van der Waals surface area contributed by atoms with Crippen LogP contribution >= 0.6 is 11.6 Å². The van der Waals surface area contributed by atoms with Crippen LogP contribution in [0.5, 0.6) is 0 Å². The summed E-state index contributed by atoms with van der Waals surface area (Å²) in [5, 5.41) is 13.1. The normalized spacial score (nSPS) is 16.3. The number of morpholine rings is 1. The van der Waals surface area contributed by atoms with E-state index >= 15 is 0 Å². The number of ether oxygens (including phenoxy) is 1. The predicted molar refractivity (Wildman–Crippen MR) is 91.8 cm³/mol. The first-order chi connectivity index (χ1) is 11.8. The molecule has 1 atom stereocenters. The molecule has 2 aromatic rings. The predicted octanol–water partition coefficient (Wildman–Crippen LogP) is 2.49. The molecule has 3 rings (SSSR count). The molecule has 124 valence electrons. The molecule has 1 aromatic heterocycles. The van der Waals surface area contributed by atoms with Crippen LogP contribution in [0.1, 0.15) is 17.3 Å². The van der Waals surface area contributed by atoms with Gasteiger partial charge >= 0.3 is 0 Å². The lowest BCUT2D eigenvalue weighted by Gasteiger charge is -2.35. The molecule has 0 spiro atoms. The first kappa shape index (κ1) is 16.7. The molecule has 1 aliphatic rings. The standard InChI is InChI=1S/C17H18ClN5O/c18-14-3-1-13(2-4-14)16(23-7-9-24-10-8-23)12-22-17-15(11-19)20-5-6-21-17/h1-6,16H,7-10,12H2,(H,21,22). The highest BCUT2D eigenvalue weighted by molar-refractivity contribution is 6.30. The average Bonchev–Trinajstić information content (AvgIpc) is 2.64. The van der Waals surface area contributed by atoms with Crippen LogP contribution in [0.4, 0.5) is 5.82 Å². The largest absolute Gasteiger partial charge is 0.379 e. The Bertz CT molecular complexity index is 710. The van der Waals surface area contributed by atoms with E-state index in [1.54, 1.807) is 6.20 Å². The van der Waals surface area contributed by atoms with Crippen molar-refractivity contribution in [1.82, 2.24) is 14.9 Å². The van der Waals surface area contributed by atoms with Crippen LogP contribution in [-0.2, 0) is 4.74 Å². The van der Waals surface area contributed by atoms with Gasteiger partial charge in [-0.3, -0.25) is 4.90 Å². The molecular formula is C17H18ClN5O. The number of hydrogen-bond donors (Lipinski definition) is 1. The Kier molecular flexibility index (Phi) is 5.59. The van der Waals surface area contributed by atoms with E-state index in [1.807, 2.05) is 24.3 Å². The Hall–Kier alpha value is -2.20. The van der Waals surface area contributed by atoms with Gasteiger partial charge in [-0.05, 0) is 17.7 Å². The molecule has 7 heteroatoms. The molecule has 1 saturated heterocycles. The zero-order chi connectivity index (χ0) is 16.8. The fourth-order valence-electron chi connectivity index (χ4n) is 2.77. The number of rotatable bonds is 5. The van der Waals surface area contributed by atoms with Crippen LogP contribution in [0.25, 0.3) is 0 Å². The number of anilines is 1. The molecule has 1 fully saturated rings. The van der Waals surface area contributed by atoms with E-state index in [-0.39, 0.29) is 6.04 Å². The van der Waals surface area contributed by atoms with E-state index in [0.717, 1.165) is 31.9 Å². The molecule has 0 saturated carbocycles. The number of benzene rings is 1. The summed E-state index contributed by atoms with van der Waals surface area (Å²) < 4.78 is 5.46. The van der Waals surface area contributed by atoms with Crippen molar-refractivity contribution in [3.8, 4) is 6.07 Å². The van der Waals surface area contributed by atoms with Gasteiger partial charge < -0.3 is 10.1 Å². The lowest BCUT2D eigenvalue weighted by molar-refractivity contribution is 0.0187. The molecule has 0 aliphatic carbocycles. The van der Waals surface area contributed by atoms with Crippen LogP contribution in [0, 0.1) is 11.3 Å². The van der Waals surface area contributed by atoms with E-state index in [9.17, 15) is 0 Å². The van der Waals surface area contributed by atoms with Crippen LogP contribution in [0.3, 0.4) is 0 Å². The summed E-state index contributed by atoms with van der Waals surface area (Å²) in [5.74, 6) is 0.507. The first-order valence-electron chi connectivity index (χ1n) is 7.80. The van der Waals surface area contributed by atoms with Crippen molar-refractivity contribution in [2.75, 3.05) is 38.2 Å². The van der Waals surface area contributed by atoms with Gasteiger partial charge in [0.15, 0.2) is 11.5 Å². The fourth-order valence-corrected chi connectivity index (χ4v) is 2.90. The van der Waals surface area contributed by atoms with Gasteiger partial charge in [0.2, 0.25) is 0 Å². The summed E-state index contributed by atoms with van der Waals surface area (Å²) >= 11 is 6.01. The van der Waals surface area contributed by atoms with Gasteiger partial charge in [0, 0.05) is 37.1 Å². The van der Waals surface area contributed by atoms with Gasteiger partial charge in [-0.2, -0.15) is 5.26 Å². The highest BCUT2D eigenvalue weighted by atomic mass is 35.5. The molecule has 0 amide bonds. The van der Waals surface area contributed by atoms with Gasteiger partial charge in [-0.25, -0.2) is 9.97 Å². The third-order valence-corrected chi connectivity index (χ3v) is 4.26. The smallest absolute Gasteiger partial charge is 0.182 e. The molecule has 1 aromatic carbocycles. The maximum absolute atomic E-state index is 9.15. The summed E-state index contributed by atoms with van der Waals surface area (Å²) in [7, 11) is 0. The van der Waals surface area contributed by atoms with Crippen molar-refractivity contribution in [2.45, 2.75) is 6.04 Å². The number of aromatic nitrogens is 2. The fraction of sp³-hybridized carbons (Fsp3) is 0.353. The van der Waals surface area contributed by atoms with Crippen LogP contribution in [0.15, 0.2) is 36.7 Å². The number of nitriles is 1. The quantitative estimate of drug-likeness (QED) is 0.899. The molecule has 1 unspecified atom stereocenters. The minimum atomic E-state index is 0.139. The summed E-state index contributed by atoms with van der Waals surface area (Å²) in [6.07, 6.45) is 3.09. The second-order valence-electron chi connectivity index (χ2n) is 5.46. The number of nitrogens with one attached hydrogen (secondary N) is 1. The molecule has 6 nitrogen and oxygen atoms in total. The Morgan fingerprint density at radius 3 is 2.62 bits per heavy atom. The van der Waals surface area contributed by atoms with Gasteiger partial charge in [0.05, 0.1) is 19.3 Å². The van der Waals surface area contributed by atoms with Crippen LogP contribution < -0.4 is 5.32 Å². The van der Waals surface area contributed by atoms with Gasteiger partial charge in [0.1, 0.15) is 6.07 Å². The number of hydrogen-bond acceptors (Lipinski definition) is 6. The molecule has 2 heterocycles. The average molecular weight is 344 g/mol. The maximum Gasteiger partial charge on any atom is 0.182 e. The molecule has 1 N–H and O–H groups in total. The Labute approximate surface area is 146 Å². The second-order valence-corrected chi connectivity index (χ2v) is 5.90. The van der Waals surface area contributed by atoms with Gasteiger partial charge in [-0.15, -0.1) is 0 Å². The van der Waals surface area contributed by atoms with Gasteiger partial charge in [-0.1, -0.05) is 23.7 Å². The Morgan fingerprint density at radius 1 is 1.21 bits per heavy atom. The third kappa shape index (κ3) is 4.01. The Balaban J connectivity index is 1.79. The van der Waals surface area contributed by atoms with Crippen molar-refractivity contribution in [1.29, 1.82) is 5.26 Å². The van der Waals surface area contributed by atoms with E-state index in [2.05, 4.69) is 26.3 Å². The highest BCUT2D eigenvalue weighted by Crippen LogP contribution is 2.24. The molecule has 1 aliphatic heterocycles. The van der Waals surface area contributed by atoms with E-state index in [4.69, 9.17) is 21.6 Å². The summed E-state index contributed by atoms with van der Waals surface area (Å²) in [6.45, 7) is 3.79. The van der Waals surface area contributed by atoms with Crippen LogP contribution in [0.2, 0.25) is 5.02 Å². The SMILES string of the molecule is N#Cc1nccnc1NCC(c1ccc(Cl)cc1)N1CCOCC1. The lowest BCUT2D eigenvalue weighted by atomic mass is 10.0. The first-order valence-corrected chi connectivity index (χ1v) is 8.18. The van der Waals surface area contributed by atoms with Crippen molar-refractivity contribution in [2.24, 2.45) is 0 Å². The second kappa shape index (κ2) is 8.06. The topological polar surface area (TPSA) is 74.1 Å². The molecular weight excluding hydrogens is 326 g/mol. The monoisotopic (exact) mass is 343 g/mol. The van der Waals surface area contributed by atoms with E-state index < -0.39 is 0 Å². The lowest BCUT2D eigenvalue weighted by Crippen LogP contribution is -2.41. The van der Waals surface area contributed by atoms with Crippen molar-refractivity contribution < 1.29 is 4.74 Å². The van der Waals surface area contributed by atoms with Gasteiger partial charge in [0.25, 0.3) is 0 Å². The van der Waals surface area contributed by atoms with Crippen molar-refractivity contribution >= 4 is 17.4 Å². The molecule has 0 bridgehead atoms. The van der Waals surface area contributed by atoms with E-state index in [1.165, 1.54) is 6.20 Å². The zero-order valence-electron chi connectivity index (χ0n) is 13.2. The van der Waals surface area contributed by atoms with E-state index in [0.29, 0.717) is 23.1 Å². The zero-order valence-corrected chi connectivity index (χ0v) is 13.9. The summed E-state index contributed by atoms with van der Waals surface area (Å²) in [5.41, 5.74) is 1.46. The number of nitrogens with zero attached hydrogens (tertiary/aromatic N) is 4. The number of halogens is 1.